The number of carbonyl (C=O) groups is 2. The number of methoxy groups -OCH3 is 1. The molecule has 0 aliphatic carbocycles. The van der Waals surface area contributed by atoms with Crippen molar-refractivity contribution in [2.24, 2.45) is 5.92 Å². The summed E-state index contributed by atoms with van der Waals surface area (Å²) in [5.74, 6) is 3.39. The molecule has 2 aromatic carbocycles. The Kier molecular flexibility index (Phi) is 10.2. The van der Waals surface area contributed by atoms with Crippen molar-refractivity contribution in [1.82, 2.24) is 30.2 Å². The van der Waals surface area contributed by atoms with Crippen molar-refractivity contribution in [1.29, 1.82) is 0 Å². The Balaban J connectivity index is 1.33. The molecular weight excluding hydrogens is 554 g/mol. The number of aromatic amines is 1. The van der Waals surface area contributed by atoms with E-state index in [0.29, 0.717) is 30.9 Å². The Labute approximate surface area is 259 Å². The third-order valence-electron chi connectivity index (χ3n) is 8.33. The quantitative estimate of drug-likeness (QED) is 0.176. The van der Waals surface area contributed by atoms with Crippen molar-refractivity contribution >= 4 is 34.1 Å². The van der Waals surface area contributed by atoms with E-state index < -0.39 is 0 Å². The predicted octanol–water partition coefficient (Wildman–Crippen LogP) is 5.37. The Bertz CT molecular complexity index is 1560. The van der Waals surface area contributed by atoms with E-state index in [2.05, 4.69) is 20.1 Å². The lowest BCUT2D eigenvalue weighted by molar-refractivity contribution is -0.130. The highest BCUT2D eigenvalue weighted by Gasteiger charge is 2.31. The van der Waals surface area contributed by atoms with Gasteiger partial charge in [-0.1, -0.05) is 31.9 Å². The van der Waals surface area contributed by atoms with E-state index in [0.717, 1.165) is 78.4 Å². The smallest absolute Gasteiger partial charge is 0.226 e. The second-order valence-corrected chi connectivity index (χ2v) is 11.7. The van der Waals surface area contributed by atoms with Gasteiger partial charge >= 0.3 is 0 Å². The summed E-state index contributed by atoms with van der Waals surface area (Å²) in [6.07, 6.45) is 6.95. The molecule has 1 fully saturated rings. The maximum absolute atomic E-state index is 13.0. The summed E-state index contributed by atoms with van der Waals surface area (Å²) in [6, 6.07) is 15.7. The van der Waals surface area contributed by atoms with Crippen molar-refractivity contribution in [3.05, 3.63) is 72.1 Å². The summed E-state index contributed by atoms with van der Waals surface area (Å²) >= 11 is 0. The van der Waals surface area contributed by atoms with E-state index in [1.165, 1.54) is 0 Å². The van der Waals surface area contributed by atoms with E-state index in [-0.39, 0.29) is 17.9 Å². The van der Waals surface area contributed by atoms with Crippen molar-refractivity contribution in [3.63, 3.8) is 0 Å². The average molecular weight is 598 g/mol. The van der Waals surface area contributed by atoms with Crippen LogP contribution in [0.3, 0.4) is 0 Å². The number of H-pyrrole nitrogens is 1. The first-order valence-electron chi connectivity index (χ1n) is 15.5. The van der Waals surface area contributed by atoms with Gasteiger partial charge in [0.2, 0.25) is 5.91 Å². The number of hydrogen-bond acceptors (Lipinski definition) is 8. The largest absolute Gasteiger partial charge is 0.497 e. The van der Waals surface area contributed by atoms with Crippen LogP contribution in [-0.2, 0) is 16.0 Å². The van der Waals surface area contributed by atoms with Crippen LogP contribution >= 0.6 is 0 Å². The number of fused-ring (bicyclic) bond motifs is 1. The first-order valence-corrected chi connectivity index (χ1v) is 15.5. The molecule has 2 aromatic heterocycles. The molecule has 0 unspecified atom stereocenters. The monoisotopic (exact) mass is 597 g/mol. The number of nitrogens with zero attached hydrogens (tertiary/aromatic N) is 5. The average Bonchev–Trinajstić information content (AvgIpc) is 3.49. The molecule has 2 N–H and O–H groups in total. The second kappa shape index (κ2) is 14.4. The van der Waals surface area contributed by atoms with Crippen LogP contribution in [0.25, 0.3) is 10.9 Å². The summed E-state index contributed by atoms with van der Waals surface area (Å²) in [6.45, 7) is 3.45. The summed E-state index contributed by atoms with van der Waals surface area (Å²) < 4.78 is 5.33. The number of nitrogens with one attached hydrogen (secondary N) is 2. The highest BCUT2D eigenvalue weighted by atomic mass is 16.5. The molecule has 1 amide bonds. The molecule has 4 aromatic rings. The molecule has 1 atom stereocenters. The van der Waals surface area contributed by atoms with Gasteiger partial charge in [-0.25, -0.2) is 15.0 Å². The number of amides is 1. The highest BCUT2D eigenvalue weighted by Crippen LogP contribution is 2.30. The van der Waals surface area contributed by atoms with Gasteiger partial charge in [-0.05, 0) is 56.3 Å². The maximum atomic E-state index is 13.0. The number of carbonyl (C=O) groups excluding carboxylic acids is 2. The van der Waals surface area contributed by atoms with E-state index >= 15 is 0 Å². The molecule has 10 heteroatoms. The first-order chi connectivity index (χ1) is 21.3. The number of ether oxygens (including phenoxy) is 1. The first kappa shape index (κ1) is 31.1. The normalized spacial score (nSPS) is 14.3. The lowest BCUT2D eigenvalue weighted by Gasteiger charge is -2.35. The molecular formula is C34H43N7O3. The summed E-state index contributed by atoms with van der Waals surface area (Å²) in [5, 5.41) is 4.21. The Morgan fingerprint density at radius 1 is 1.09 bits per heavy atom. The zero-order chi connectivity index (χ0) is 31.1. The fraction of sp³-hybridized carbons (Fsp3) is 0.441. The molecule has 0 saturated carbocycles. The van der Waals surface area contributed by atoms with Crippen LogP contribution in [0.5, 0.6) is 5.75 Å². The number of unbranched alkanes of at least 4 members (excludes halogenated alkanes) is 2. The number of likely N-dealkylation sites (tertiary alicyclic amines) is 1. The molecule has 0 bridgehead atoms. The summed E-state index contributed by atoms with van der Waals surface area (Å²) in [7, 11) is 5.68. The van der Waals surface area contributed by atoms with Gasteiger partial charge < -0.3 is 24.8 Å². The lowest BCUT2D eigenvalue weighted by Crippen LogP contribution is -2.52. The standard InChI is InChI=1S/C34H43N7O3/c1-5-26(42)11-7-6-8-14-30(38-34(43)23-21-40(2)22-23)32-35-20-24(36-32)19-31-37-29-13-10-9-12-28(29)33(39-31)41(3)25-15-17-27(44-4)18-16-25/h9-10,12-13,15-18,20,23,30H,5-8,11,14,19,21-22H2,1-4H3,(H,35,36)(H,38,43)/t30-/m0/s1. The van der Waals surface area contributed by atoms with Crippen LogP contribution in [0, 0.1) is 5.92 Å². The summed E-state index contributed by atoms with van der Waals surface area (Å²) in [5.41, 5.74) is 2.73. The number of aromatic nitrogens is 4. The van der Waals surface area contributed by atoms with Crippen molar-refractivity contribution < 1.29 is 14.3 Å². The lowest BCUT2D eigenvalue weighted by atomic mass is 9.98. The number of imidazole rings is 1. The van der Waals surface area contributed by atoms with Crippen LogP contribution in [-0.4, -0.2) is 70.8 Å². The second-order valence-electron chi connectivity index (χ2n) is 11.7. The van der Waals surface area contributed by atoms with Crippen LogP contribution in [0.15, 0.2) is 54.7 Å². The number of benzene rings is 2. The molecule has 1 saturated heterocycles. The fourth-order valence-corrected chi connectivity index (χ4v) is 5.64. The molecule has 0 radical (unpaired) electrons. The Morgan fingerprint density at radius 2 is 1.86 bits per heavy atom. The van der Waals surface area contributed by atoms with Crippen molar-refractivity contribution in [2.45, 2.75) is 57.9 Å². The molecule has 0 spiro atoms. The Hall–Kier alpha value is -4.31. The number of anilines is 2. The Morgan fingerprint density at radius 3 is 2.59 bits per heavy atom. The number of hydrogen-bond donors (Lipinski definition) is 2. The molecule has 44 heavy (non-hydrogen) atoms. The van der Waals surface area contributed by atoms with Gasteiger partial charge in [0, 0.05) is 62.4 Å². The third kappa shape index (κ3) is 7.60. The number of para-hydroxylation sites is 1. The predicted molar refractivity (Wildman–Crippen MR) is 172 cm³/mol. The zero-order valence-corrected chi connectivity index (χ0v) is 26.2. The van der Waals surface area contributed by atoms with E-state index in [1.807, 2.05) is 75.7 Å². The molecule has 10 nitrogen and oxygen atoms in total. The maximum Gasteiger partial charge on any atom is 0.226 e. The third-order valence-corrected chi connectivity index (χ3v) is 8.33. The highest BCUT2D eigenvalue weighted by molar-refractivity contribution is 5.91. The number of Topliss-reactive ketones (excluding diaryl/α,β-unsaturated/α-hetero) is 1. The minimum atomic E-state index is -0.224. The topological polar surface area (TPSA) is 116 Å². The van der Waals surface area contributed by atoms with Crippen molar-refractivity contribution in [2.75, 3.05) is 39.2 Å². The van der Waals surface area contributed by atoms with Crippen LogP contribution in [0.4, 0.5) is 11.5 Å². The summed E-state index contributed by atoms with van der Waals surface area (Å²) in [4.78, 5) is 46.9. The SMILES string of the molecule is CCC(=O)CCCCC[C@H](NC(=O)C1CN(C)C1)c1ncc(Cc2nc(N(C)c3ccc(OC)cc3)c3ccccc3n2)[nH]1. The van der Waals surface area contributed by atoms with Crippen molar-refractivity contribution in [3.8, 4) is 5.75 Å². The van der Waals surface area contributed by atoms with Crippen LogP contribution in [0.2, 0.25) is 0 Å². The van der Waals surface area contributed by atoms with E-state index in [9.17, 15) is 9.59 Å². The number of ketones is 1. The molecule has 1 aliphatic heterocycles. The van der Waals surface area contributed by atoms with Gasteiger partial charge in [0.25, 0.3) is 0 Å². The molecule has 5 rings (SSSR count). The molecule has 1 aliphatic rings. The molecule has 232 valence electrons. The van der Waals surface area contributed by atoms with E-state index in [1.54, 1.807) is 7.11 Å². The van der Waals surface area contributed by atoms with E-state index in [4.69, 9.17) is 19.7 Å². The van der Waals surface area contributed by atoms with Gasteiger partial charge in [0.05, 0.1) is 24.6 Å². The fourth-order valence-electron chi connectivity index (χ4n) is 5.64. The van der Waals surface area contributed by atoms with Gasteiger partial charge in [-0.3, -0.25) is 9.59 Å². The van der Waals surface area contributed by atoms with Gasteiger partial charge in [-0.15, -0.1) is 0 Å². The van der Waals surface area contributed by atoms with Gasteiger partial charge in [0.15, 0.2) is 0 Å². The minimum absolute atomic E-state index is 0.00576. The minimum Gasteiger partial charge on any atom is -0.497 e. The molecule has 3 heterocycles. The van der Waals surface area contributed by atoms with Crippen LogP contribution < -0.4 is 15.0 Å². The van der Waals surface area contributed by atoms with Crippen LogP contribution in [0.1, 0.15) is 68.8 Å². The zero-order valence-electron chi connectivity index (χ0n) is 26.2. The van der Waals surface area contributed by atoms with Gasteiger partial charge in [-0.2, -0.15) is 0 Å². The van der Waals surface area contributed by atoms with Gasteiger partial charge in [0.1, 0.15) is 29.0 Å². The number of rotatable bonds is 15.